The Hall–Kier alpha value is -2.39. The van der Waals surface area contributed by atoms with Crippen molar-refractivity contribution < 1.29 is 24.3 Å². The molecule has 0 aromatic heterocycles. The quantitative estimate of drug-likeness (QED) is 0.222. The van der Waals surface area contributed by atoms with Crippen molar-refractivity contribution in [2.24, 2.45) is 17.8 Å². The van der Waals surface area contributed by atoms with Crippen molar-refractivity contribution in [2.75, 3.05) is 10.4 Å². The van der Waals surface area contributed by atoms with Gasteiger partial charge < -0.3 is 5.11 Å². The summed E-state index contributed by atoms with van der Waals surface area (Å²) in [5.74, 6) is -5.38. The summed E-state index contributed by atoms with van der Waals surface area (Å²) in [4.78, 5) is 53.0. The number of amides is 4. The summed E-state index contributed by atoms with van der Waals surface area (Å²) in [7, 11) is 0. The van der Waals surface area contributed by atoms with Crippen molar-refractivity contribution in [2.45, 2.75) is 28.5 Å². The van der Waals surface area contributed by atoms with Gasteiger partial charge in [0, 0.05) is 16.5 Å². The van der Waals surface area contributed by atoms with Gasteiger partial charge in [-0.15, -0.1) is 23.2 Å². The maximum Gasteiger partial charge on any atom is 0.254 e. The van der Waals surface area contributed by atoms with Crippen molar-refractivity contribution in [1.29, 1.82) is 0 Å². The minimum atomic E-state index is -1.95. The van der Waals surface area contributed by atoms with Crippen molar-refractivity contribution in [3.05, 3.63) is 70.8 Å². The molecule has 6 rings (SSSR count). The van der Waals surface area contributed by atoms with Crippen LogP contribution in [-0.2, 0) is 19.2 Å². The molecule has 1 N–H and O–H groups in total. The maximum absolute atomic E-state index is 13.9. The van der Waals surface area contributed by atoms with E-state index in [9.17, 15) is 24.3 Å². The van der Waals surface area contributed by atoms with Crippen LogP contribution in [0.25, 0.3) is 0 Å². The van der Waals surface area contributed by atoms with Crippen molar-refractivity contribution in [1.82, 2.24) is 4.90 Å². The lowest BCUT2D eigenvalue weighted by Crippen LogP contribution is -2.60. The van der Waals surface area contributed by atoms with Crippen LogP contribution in [0.15, 0.2) is 60.2 Å². The number of benzene rings is 2. The smallest absolute Gasteiger partial charge is 0.254 e. The topological polar surface area (TPSA) is 95.0 Å². The number of carbonyl (C=O) groups excluding carboxylic acids is 4. The Morgan fingerprint density at radius 3 is 2.29 bits per heavy atom. The van der Waals surface area contributed by atoms with Crippen molar-refractivity contribution in [3.63, 3.8) is 0 Å². The molecule has 6 atom stereocenters. The van der Waals surface area contributed by atoms with Crippen LogP contribution in [0, 0.1) is 17.8 Å². The second kappa shape index (κ2) is 8.81. The van der Waals surface area contributed by atoms with E-state index in [1.165, 1.54) is 6.07 Å². The van der Waals surface area contributed by atoms with E-state index in [1.54, 1.807) is 42.5 Å². The number of anilines is 1. The number of para-hydroxylation sites is 1. The van der Waals surface area contributed by atoms with Crippen LogP contribution < -0.4 is 4.90 Å². The SMILES string of the molecule is O=C1C2CC=C3C(CC4(Cl)C(=O)N(CBr)C(=O)C4(Cl)C3c3ccccc3O)C2C(=O)N1c1ccc(Cl)cc1. The highest BCUT2D eigenvalue weighted by Crippen LogP contribution is 2.66. The molecular formula is C27H20BrCl3N2O5. The molecule has 38 heavy (non-hydrogen) atoms. The molecule has 0 bridgehead atoms. The van der Waals surface area contributed by atoms with Crippen LogP contribution in [0.5, 0.6) is 5.75 Å². The van der Waals surface area contributed by atoms with Crippen LogP contribution in [0.4, 0.5) is 5.69 Å². The number of alkyl halides is 3. The average Bonchev–Trinajstić information content (AvgIpc) is 3.23. The van der Waals surface area contributed by atoms with Gasteiger partial charge in [0.25, 0.3) is 11.8 Å². The number of likely N-dealkylation sites (tertiary alicyclic amines) is 1. The molecule has 1 saturated carbocycles. The summed E-state index contributed by atoms with van der Waals surface area (Å²) >= 11 is 23.5. The lowest BCUT2D eigenvalue weighted by molar-refractivity contribution is -0.138. The molecule has 2 heterocycles. The Morgan fingerprint density at radius 1 is 0.947 bits per heavy atom. The van der Waals surface area contributed by atoms with E-state index in [-0.39, 0.29) is 30.0 Å². The predicted molar refractivity (Wildman–Crippen MR) is 145 cm³/mol. The lowest BCUT2D eigenvalue weighted by Gasteiger charge is -2.50. The fourth-order valence-electron chi connectivity index (χ4n) is 6.67. The second-order valence-electron chi connectivity index (χ2n) is 10.0. The molecule has 196 valence electrons. The molecule has 2 saturated heterocycles. The number of nitrogens with zero attached hydrogens (tertiary/aromatic N) is 2. The highest BCUT2D eigenvalue weighted by atomic mass is 79.9. The number of phenolic OH excluding ortho intramolecular Hbond substituents is 1. The van der Waals surface area contributed by atoms with Crippen LogP contribution in [0.2, 0.25) is 5.02 Å². The second-order valence-corrected chi connectivity index (χ2v) is 12.2. The zero-order valence-electron chi connectivity index (χ0n) is 19.6. The van der Waals surface area contributed by atoms with Gasteiger partial charge in [0.1, 0.15) is 5.75 Å². The number of rotatable bonds is 3. The number of phenols is 1. The third-order valence-corrected chi connectivity index (χ3v) is 10.5. The molecule has 4 amide bonds. The van der Waals surface area contributed by atoms with Gasteiger partial charge in [0.2, 0.25) is 11.8 Å². The van der Waals surface area contributed by atoms with Gasteiger partial charge in [-0.3, -0.25) is 29.0 Å². The number of hydrogen-bond donors (Lipinski definition) is 1. The molecule has 11 heteroatoms. The maximum atomic E-state index is 13.9. The van der Waals surface area contributed by atoms with E-state index < -0.39 is 51.1 Å². The fraction of sp³-hybridized carbons (Fsp3) is 0.333. The Balaban J connectivity index is 1.52. The summed E-state index contributed by atoms with van der Waals surface area (Å²) < 4.78 is 0. The van der Waals surface area contributed by atoms with Gasteiger partial charge in [0.15, 0.2) is 9.75 Å². The number of aromatic hydroxyl groups is 1. The normalized spacial score (nSPS) is 34.3. The van der Waals surface area contributed by atoms with Gasteiger partial charge in [0.05, 0.1) is 23.0 Å². The van der Waals surface area contributed by atoms with Gasteiger partial charge in [-0.2, -0.15) is 0 Å². The molecule has 2 aromatic rings. The fourth-order valence-corrected chi connectivity index (χ4v) is 8.22. The van der Waals surface area contributed by atoms with E-state index in [0.717, 1.165) is 9.80 Å². The largest absolute Gasteiger partial charge is 0.508 e. The van der Waals surface area contributed by atoms with Gasteiger partial charge in [-0.05, 0) is 49.1 Å². The number of hydrogen-bond acceptors (Lipinski definition) is 5. The summed E-state index contributed by atoms with van der Waals surface area (Å²) in [6.07, 6.45) is 1.95. The van der Waals surface area contributed by atoms with E-state index in [0.29, 0.717) is 21.8 Å². The molecule has 0 spiro atoms. The molecule has 2 aromatic carbocycles. The van der Waals surface area contributed by atoms with Crippen LogP contribution in [-0.4, -0.2) is 48.8 Å². The van der Waals surface area contributed by atoms with E-state index in [4.69, 9.17) is 34.8 Å². The first-order valence-electron chi connectivity index (χ1n) is 12.0. The van der Waals surface area contributed by atoms with Gasteiger partial charge >= 0.3 is 0 Å². The van der Waals surface area contributed by atoms with E-state index in [2.05, 4.69) is 15.9 Å². The van der Waals surface area contributed by atoms with E-state index in [1.807, 2.05) is 6.08 Å². The van der Waals surface area contributed by atoms with Gasteiger partial charge in [-0.1, -0.05) is 57.4 Å². The number of imide groups is 2. The minimum absolute atomic E-state index is 0.112. The highest BCUT2D eigenvalue weighted by Gasteiger charge is 2.76. The molecular weight excluding hydrogens is 619 g/mol. The highest BCUT2D eigenvalue weighted by molar-refractivity contribution is 9.09. The number of fused-ring (bicyclic) bond motifs is 4. The standard InChI is InChI=1S/C27H20BrCl3N2O5/c28-12-32-24(37)26(30)11-18-15(21(27(26,31)25(32)38)16-3-1-2-4-19(16)34)9-10-17-20(18)23(36)33(22(17)35)14-7-5-13(29)6-8-14/h1-9,17-18,20-21,34H,10-12H2. The van der Waals surface area contributed by atoms with Crippen molar-refractivity contribution in [3.8, 4) is 5.75 Å². The third-order valence-electron chi connectivity index (χ3n) is 8.35. The monoisotopic (exact) mass is 636 g/mol. The first-order valence-corrected chi connectivity index (χ1v) is 14.2. The molecule has 2 aliphatic heterocycles. The summed E-state index contributed by atoms with van der Waals surface area (Å²) in [5, 5.41) is 11.3. The van der Waals surface area contributed by atoms with Crippen LogP contribution in [0.3, 0.4) is 0 Å². The lowest BCUT2D eigenvalue weighted by atomic mass is 9.56. The first kappa shape index (κ1) is 25.9. The molecule has 7 nitrogen and oxygen atoms in total. The Morgan fingerprint density at radius 2 is 1.63 bits per heavy atom. The molecule has 2 aliphatic carbocycles. The minimum Gasteiger partial charge on any atom is -0.508 e. The molecule has 3 fully saturated rings. The van der Waals surface area contributed by atoms with Gasteiger partial charge in [-0.25, -0.2) is 0 Å². The zero-order chi connectivity index (χ0) is 27.1. The summed E-state index contributed by atoms with van der Waals surface area (Å²) in [6.45, 7) is 0. The summed E-state index contributed by atoms with van der Waals surface area (Å²) in [6, 6.07) is 12.8. The zero-order valence-corrected chi connectivity index (χ0v) is 23.5. The number of allylic oxidation sites excluding steroid dienone is 2. The number of carbonyl (C=O) groups is 4. The first-order chi connectivity index (χ1) is 18.1. The molecule has 0 radical (unpaired) electrons. The average molecular weight is 639 g/mol. The predicted octanol–water partition coefficient (Wildman–Crippen LogP) is 4.96. The van der Waals surface area contributed by atoms with Crippen molar-refractivity contribution >= 4 is 80.0 Å². The molecule has 4 aliphatic rings. The Labute approximate surface area is 241 Å². The third kappa shape index (κ3) is 3.20. The Kier molecular flexibility index (Phi) is 6.00. The number of halogens is 4. The van der Waals surface area contributed by atoms with E-state index >= 15 is 0 Å². The summed E-state index contributed by atoms with van der Waals surface area (Å²) in [5.41, 5.74) is 1.23. The van der Waals surface area contributed by atoms with Crippen LogP contribution >= 0.6 is 50.7 Å². The van der Waals surface area contributed by atoms with Crippen LogP contribution in [0.1, 0.15) is 24.3 Å². The Bertz CT molecular complexity index is 1450. The molecule has 6 unspecified atom stereocenters.